The summed E-state index contributed by atoms with van der Waals surface area (Å²) >= 11 is 0. The van der Waals surface area contributed by atoms with E-state index in [9.17, 15) is 8.78 Å². The molecule has 0 aliphatic rings. The average Bonchev–Trinajstić information content (AvgIpc) is 2.41. The van der Waals surface area contributed by atoms with Gasteiger partial charge in [-0.2, -0.15) is 0 Å². The maximum absolute atomic E-state index is 13.2. The number of hydrogen-bond donors (Lipinski definition) is 0. The predicted octanol–water partition coefficient (Wildman–Crippen LogP) is 4.79. The Hall–Kier alpha value is -2.22. The fourth-order valence-corrected chi connectivity index (χ4v) is 2.04. The SMILES string of the molecule is Fc1ccc(-c2ccc3ccccc3c2)cc1F. The third kappa shape index (κ3) is 1.86. The van der Waals surface area contributed by atoms with Crippen molar-refractivity contribution in [3.8, 4) is 11.1 Å². The third-order valence-electron chi connectivity index (χ3n) is 3.00. The van der Waals surface area contributed by atoms with Crippen LogP contribution in [0.5, 0.6) is 0 Å². The van der Waals surface area contributed by atoms with Crippen LogP contribution in [0.3, 0.4) is 0 Å². The van der Waals surface area contributed by atoms with Gasteiger partial charge in [0.2, 0.25) is 0 Å². The zero-order valence-electron chi connectivity index (χ0n) is 9.53. The smallest absolute Gasteiger partial charge is 0.159 e. The lowest BCUT2D eigenvalue weighted by Crippen LogP contribution is -1.85. The van der Waals surface area contributed by atoms with E-state index in [1.807, 2.05) is 42.5 Å². The molecule has 2 heteroatoms. The van der Waals surface area contributed by atoms with Crippen molar-refractivity contribution in [3.63, 3.8) is 0 Å². The van der Waals surface area contributed by atoms with Gasteiger partial charge in [-0.3, -0.25) is 0 Å². The van der Waals surface area contributed by atoms with Gasteiger partial charge < -0.3 is 0 Å². The lowest BCUT2D eigenvalue weighted by molar-refractivity contribution is 0.509. The molecule has 0 fully saturated rings. The van der Waals surface area contributed by atoms with Gasteiger partial charge >= 0.3 is 0 Å². The van der Waals surface area contributed by atoms with E-state index >= 15 is 0 Å². The number of halogens is 2. The Morgan fingerprint density at radius 2 is 1.22 bits per heavy atom. The first kappa shape index (κ1) is 10.9. The zero-order valence-corrected chi connectivity index (χ0v) is 9.53. The summed E-state index contributed by atoms with van der Waals surface area (Å²) in [6.07, 6.45) is 0. The molecule has 0 aromatic heterocycles. The molecule has 0 unspecified atom stereocenters. The van der Waals surface area contributed by atoms with Gasteiger partial charge in [-0.1, -0.05) is 42.5 Å². The van der Waals surface area contributed by atoms with Crippen molar-refractivity contribution in [1.82, 2.24) is 0 Å². The number of fused-ring (bicyclic) bond motifs is 1. The summed E-state index contributed by atoms with van der Waals surface area (Å²) in [6, 6.07) is 17.8. The molecule has 18 heavy (non-hydrogen) atoms. The highest BCUT2D eigenvalue weighted by molar-refractivity contribution is 5.87. The van der Waals surface area contributed by atoms with E-state index in [1.54, 1.807) is 6.07 Å². The average molecular weight is 240 g/mol. The van der Waals surface area contributed by atoms with Crippen LogP contribution in [0, 0.1) is 11.6 Å². The fourth-order valence-electron chi connectivity index (χ4n) is 2.04. The monoisotopic (exact) mass is 240 g/mol. The highest BCUT2D eigenvalue weighted by Gasteiger charge is 2.04. The van der Waals surface area contributed by atoms with E-state index in [4.69, 9.17) is 0 Å². The molecule has 0 saturated carbocycles. The minimum absolute atomic E-state index is 0.680. The molecule has 88 valence electrons. The number of rotatable bonds is 1. The van der Waals surface area contributed by atoms with Gasteiger partial charge in [0, 0.05) is 0 Å². The maximum Gasteiger partial charge on any atom is 0.159 e. The first-order valence-corrected chi connectivity index (χ1v) is 5.68. The van der Waals surface area contributed by atoms with Crippen molar-refractivity contribution in [2.24, 2.45) is 0 Å². The first-order chi connectivity index (χ1) is 8.74. The highest BCUT2D eigenvalue weighted by Crippen LogP contribution is 2.25. The van der Waals surface area contributed by atoms with Gasteiger partial charge in [0.25, 0.3) is 0 Å². The maximum atomic E-state index is 13.2. The van der Waals surface area contributed by atoms with Crippen molar-refractivity contribution in [3.05, 3.63) is 72.3 Å². The summed E-state index contributed by atoms with van der Waals surface area (Å²) in [5, 5.41) is 2.21. The van der Waals surface area contributed by atoms with Crippen molar-refractivity contribution in [2.45, 2.75) is 0 Å². The van der Waals surface area contributed by atoms with Crippen LogP contribution in [0.1, 0.15) is 0 Å². The Balaban J connectivity index is 2.16. The lowest BCUT2D eigenvalue weighted by Gasteiger charge is -2.04. The van der Waals surface area contributed by atoms with Crippen LogP contribution in [0.4, 0.5) is 8.78 Å². The molecule has 0 bridgehead atoms. The molecule has 3 aromatic carbocycles. The molecule has 0 atom stereocenters. The zero-order chi connectivity index (χ0) is 12.5. The molecule has 0 aliphatic carbocycles. The van der Waals surface area contributed by atoms with E-state index < -0.39 is 11.6 Å². The Kier molecular flexibility index (Phi) is 2.56. The molecule has 0 spiro atoms. The standard InChI is InChI=1S/C16H10F2/c17-15-8-7-14(10-16(15)18)13-6-5-11-3-1-2-4-12(11)9-13/h1-10H. The lowest BCUT2D eigenvalue weighted by atomic mass is 10.0. The number of hydrogen-bond acceptors (Lipinski definition) is 0. The predicted molar refractivity (Wildman–Crippen MR) is 69.3 cm³/mol. The second kappa shape index (κ2) is 4.22. The first-order valence-electron chi connectivity index (χ1n) is 5.68. The van der Waals surface area contributed by atoms with Crippen molar-refractivity contribution in [2.75, 3.05) is 0 Å². The van der Waals surface area contributed by atoms with Crippen LogP contribution >= 0.6 is 0 Å². The molecular weight excluding hydrogens is 230 g/mol. The van der Waals surface area contributed by atoms with E-state index in [1.165, 1.54) is 6.07 Å². The third-order valence-corrected chi connectivity index (χ3v) is 3.00. The molecule has 0 amide bonds. The van der Waals surface area contributed by atoms with Crippen LogP contribution in [0.2, 0.25) is 0 Å². The summed E-state index contributed by atoms with van der Waals surface area (Å²) in [5.74, 6) is -1.64. The Bertz CT molecular complexity index is 717. The molecular formula is C16H10F2. The fraction of sp³-hybridized carbons (Fsp3) is 0. The second-order valence-electron chi connectivity index (χ2n) is 4.19. The Morgan fingerprint density at radius 1 is 0.556 bits per heavy atom. The summed E-state index contributed by atoms with van der Waals surface area (Å²) in [6.45, 7) is 0. The Morgan fingerprint density at radius 3 is 2.00 bits per heavy atom. The largest absolute Gasteiger partial charge is 0.204 e. The minimum atomic E-state index is -0.820. The topological polar surface area (TPSA) is 0 Å². The van der Waals surface area contributed by atoms with Gasteiger partial charge in [-0.25, -0.2) is 8.78 Å². The van der Waals surface area contributed by atoms with E-state index in [0.717, 1.165) is 22.4 Å². The van der Waals surface area contributed by atoms with Gasteiger partial charge in [0.1, 0.15) is 0 Å². The van der Waals surface area contributed by atoms with Gasteiger partial charge in [-0.15, -0.1) is 0 Å². The van der Waals surface area contributed by atoms with Gasteiger partial charge in [0.05, 0.1) is 0 Å². The van der Waals surface area contributed by atoms with Crippen LogP contribution < -0.4 is 0 Å². The summed E-state index contributed by atoms with van der Waals surface area (Å²) in [7, 11) is 0. The van der Waals surface area contributed by atoms with E-state index in [-0.39, 0.29) is 0 Å². The van der Waals surface area contributed by atoms with Crippen LogP contribution in [-0.2, 0) is 0 Å². The van der Waals surface area contributed by atoms with Crippen molar-refractivity contribution in [1.29, 1.82) is 0 Å². The van der Waals surface area contributed by atoms with Crippen molar-refractivity contribution >= 4 is 10.8 Å². The molecule has 0 saturated heterocycles. The van der Waals surface area contributed by atoms with Crippen LogP contribution in [-0.4, -0.2) is 0 Å². The quantitative estimate of drug-likeness (QED) is 0.574. The molecule has 0 nitrogen and oxygen atoms in total. The summed E-state index contributed by atoms with van der Waals surface area (Å²) in [4.78, 5) is 0. The molecule has 0 heterocycles. The summed E-state index contributed by atoms with van der Waals surface area (Å²) < 4.78 is 26.1. The Labute approximate surface area is 104 Å². The molecule has 0 aliphatic heterocycles. The van der Waals surface area contributed by atoms with Crippen molar-refractivity contribution < 1.29 is 8.78 Å². The summed E-state index contributed by atoms with van der Waals surface area (Å²) in [5.41, 5.74) is 1.56. The minimum Gasteiger partial charge on any atom is -0.204 e. The van der Waals surface area contributed by atoms with Gasteiger partial charge in [-0.05, 0) is 40.1 Å². The molecule has 0 radical (unpaired) electrons. The molecule has 3 aromatic rings. The van der Waals surface area contributed by atoms with E-state index in [2.05, 4.69) is 0 Å². The molecule has 3 rings (SSSR count). The second-order valence-corrected chi connectivity index (χ2v) is 4.19. The van der Waals surface area contributed by atoms with E-state index in [0.29, 0.717) is 5.56 Å². The highest BCUT2D eigenvalue weighted by atomic mass is 19.2. The normalized spacial score (nSPS) is 10.8. The van der Waals surface area contributed by atoms with Gasteiger partial charge in [0.15, 0.2) is 11.6 Å². The number of benzene rings is 3. The van der Waals surface area contributed by atoms with Crippen LogP contribution in [0.15, 0.2) is 60.7 Å². The van der Waals surface area contributed by atoms with Crippen LogP contribution in [0.25, 0.3) is 21.9 Å². The molecule has 0 N–H and O–H groups in total.